The monoisotopic (exact) mass is 284 g/mol. The zero-order chi connectivity index (χ0) is 14.1. The van der Waals surface area contributed by atoms with Crippen LogP contribution in [-0.2, 0) is 13.1 Å². The van der Waals surface area contributed by atoms with E-state index < -0.39 is 0 Å². The maximum Gasteiger partial charge on any atom is 0.118 e. The van der Waals surface area contributed by atoms with Crippen LogP contribution in [0.1, 0.15) is 38.0 Å². The van der Waals surface area contributed by atoms with Gasteiger partial charge in [0.2, 0.25) is 0 Å². The molecule has 0 bridgehead atoms. The van der Waals surface area contributed by atoms with Gasteiger partial charge < -0.3 is 9.73 Å². The molecule has 0 aliphatic carbocycles. The fourth-order valence-corrected chi connectivity index (χ4v) is 2.50. The highest BCUT2D eigenvalue weighted by Gasteiger charge is 2.11. The molecule has 4 heteroatoms. The second-order valence-corrected chi connectivity index (χ2v) is 6.13. The lowest BCUT2D eigenvalue weighted by molar-refractivity contribution is 0.226. The fraction of sp³-hybridized carbons (Fsp3) is 0.733. The Bertz CT molecular complexity index is 341. The number of nitrogens with one attached hydrogen (secondary N) is 1. The third-order valence-electron chi connectivity index (χ3n) is 3.36. The Morgan fingerprint density at radius 1 is 1.47 bits per heavy atom. The van der Waals surface area contributed by atoms with Gasteiger partial charge in [-0.3, -0.25) is 4.90 Å². The van der Waals surface area contributed by atoms with E-state index in [9.17, 15) is 0 Å². The van der Waals surface area contributed by atoms with Crippen molar-refractivity contribution in [2.75, 3.05) is 25.6 Å². The fourth-order valence-electron chi connectivity index (χ4n) is 1.92. The maximum absolute atomic E-state index is 5.63. The summed E-state index contributed by atoms with van der Waals surface area (Å²) in [4.78, 5) is 2.36. The van der Waals surface area contributed by atoms with Crippen LogP contribution in [0.25, 0.3) is 0 Å². The van der Waals surface area contributed by atoms with Crippen LogP contribution in [0.15, 0.2) is 16.7 Å². The van der Waals surface area contributed by atoms with Crippen molar-refractivity contribution >= 4 is 11.8 Å². The first-order valence-corrected chi connectivity index (χ1v) is 8.53. The molecule has 0 fully saturated rings. The summed E-state index contributed by atoms with van der Waals surface area (Å²) < 4.78 is 5.63. The third-order valence-corrected chi connectivity index (χ3v) is 4.01. The van der Waals surface area contributed by atoms with Crippen LogP contribution in [0.3, 0.4) is 0 Å². The van der Waals surface area contributed by atoms with E-state index >= 15 is 0 Å². The van der Waals surface area contributed by atoms with Crippen molar-refractivity contribution in [3.63, 3.8) is 0 Å². The highest BCUT2D eigenvalue weighted by atomic mass is 32.2. The first-order chi connectivity index (χ1) is 9.17. The third kappa shape index (κ3) is 6.50. The van der Waals surface area contributed by atoms with E-state index in [1.165, 1.54) is 24.2 Å². The zero-order valence-corrected chi connectivity index (χ0v) is 13.6. The van der Waals surface area contributed by atoms with Crippen LogP contribution in [-0.4, -0.2) is 36.5 Å². The Hall–Kier alpha value is -0.450. The van der Waals surface area contributed by atoms with E-state index in [-0.39, 0.29) is 0 Å². The number of furan rings is 1. The molecule has 0 amide bonds. The Morgan fingerprint density at radius 3 is 2.95 bits per heavy atom. The van der Waals surface area contributed by atoms with Gasteiger partial charge in [-0.05, 0) is 51.4 Å². The molecule has 0 aliphatic heterocycles. The summed E-state index contributed by atoms with van der Waals surface area (Å²) in [6.45, 7) is 7.32. The van der Waals surface area contributed by atoms with E-state index in [0.717, 1.165) is 25.4 Å². The molecule has 1 atom stereocenters. The van der Waals surface area contributed by atoms with Gasteiger partial charge in [0.05, 0.1) is 12.8 Å². The second kappa shape index (κ2) is 9.45. The Labute approximate surface area is 122 Å². The Morgan fingerprint density at radius 2 is 2.26 bits per heavy atom. The predicted octanol–water partition coefficient (Wildman–Crippen LogP) is 3.35. The summed E-state index contributed by atoms with van der Waals surface area (Å²) in [5.74, 6) is 2.28. The lowest BCUT2D eigenvalue weighted by Crippen LogP contribution is -2.28. The molecule has 0 aliphatic rings. The average Bonchev–Trinajstić information content (AvgIpc) is 2.83. The molecule has 0 aromatic carbocycles. The second-order valence-electron chi connectivity index (χ2n) is 5.14. The maximum atomic E-state index is 5.63. The number of rotatable bonds is 10. The molecule has 0 saturated carbocycles. The summed E-state index contributed by atoms with van der Waals surface area (Å²) in [5, 5.41) is 3.39. The van der Waals surface area contributed by atoms with Gasteiger partial charge in [-0.2, -0.15) is 11.8 Å². The van der Waals surface area contributed by atoms with Crippen molar-refractivity contribution in [3.8, 4) is 0 Å². The molecule has 0 saturated heterocycles. The van der Waals surface area contributed by atoms with Crippen LogP contribution >= 0.6 is 11.8 Å². The first-order valence-electron chi connectivity index (χ1n) is 7.13. The molecule has 110 valence electrons. The van der Waals surface area contributed by atoms with Crippen molar-refractivity contribution in [3.05, 3.63) is 23.7 Å². The Balaban J connectivity index is 2.35. The first kappa shape index (κ1) is 16.6. The van der Waals surface area contributed by atoms with Crippen LogP contribution in [0.4, 0.5) is 0 Å². The molecule has 1 aromatic rings. The summed E-state index contributed by atoms with van der Waals surface area (Å²) in [6, 6.07) is 2.76. The minimum absolute atomic E-state index is 0.596. The summed E-state index contributed by atoms with van der Waals surface area (Å²) in [6.07, 6.45) is 6.43. The molecule has 1 rings (SSSR count). The van der Waals surface area contributed by atoms with Gasteiger partial charge in [-0.25, -0.2) is 0 Å². The van der Waals surface area contributed by atoms with Crippen LogP contribution in [0, 0.1) is 0 Å². The lowest BCUT2D eigenvalue weighted by Gasteiger charge is -2.23. The molecule has 0 spiro atoms. The van der Waals surface area contributed by atoms with E-state index in [1.807, 2.05) is 18.0 Å². The molecule has 1 aromatic heterocycles. The highest BCUT2D eigenvalue weighted by Crippen LogP contribution is 2.13. The minimum atomic E-state index is 0.596. The molecule has 1 heterocycles. The average molecular weight is 284 g/mol. The van der Waals surface area contributed by atoms with Gasteiger partial charge in [-0.1, -0.05) is 6.92 Å². The minimum Gasteiger partial charge on any atom is -0.468 e. The number of thioether (sulfide) groups is 1. The van der Waals surface area contributed by atoms with Crippen molar-refractivity contribution in [1.29, 1.82) is 0 Å². The SMILES string of the molecule is CCCNCc1coc(CN(C)C(C)CCSC)c1. The molecule has 0 radical (unpaired) electrons. The topological polar surface area (TPSA) is 28.4 Å². The van der Waals surface area contributed by atoms with Crippen LogP contribution in [0.2, 0.25) is 0 Å². The van der Waals surface area contributed by atoms with E-state index in [4.69, 9.17) is 4.42 Å². The quantitative estimate of drug-likeness (QED) is 0.667. The number of nitrogens with zero attached hydrogens (tertiary/aromatic N) is 1. The van der Waals surface area contributed by atoms with Crippen molar-refractivity contribution in [1.82, 2.24) is 10.2 Å². The van der Waals surface area contributed by atoms with E-state index in [2.05, 4.69) is 43.4 Å². The molecule has 1 N–H and O–H groups in total. The van der Waals surface area contributed by atoms with Gasteiger partial charge in [-0.15, -0.1) is 0 Å². The highest BCUT2D eigenvalue weighted by molar-refractivity contribution is 7.98. The van der Waals surface area contributed by atoms with E-state index in [1.54, 1.807) is 0 Å². The van der Waals surface area contributed by atoms with Crippen LogP contribution < -0.4 is 5.32 Å². The molecule has 3 nitrogen and oxygen atoms in total. The van der Waals surface area contributed by atoms with Gasteiger partial charge in [0.1, 0.15) is 5.76 Å². The standard InChI is InChI=1S/C15H28N2OS/c1-5-7-16-10-14-9-15(18-12-14)11-17(3)13(2)6-8-19-4/h9,12-13,16H,5-8,10-11H2,1-4H3. The zero-order valence-electron chi connectivity index (χ0n) is 12.7. The van der Waals surface area contributed by atoms with Gasteiger partial charge in [0.25, 0.3) is 0 Å². The number of hydrogen-bond acceptors (Lipinski definition) is 4. The number of hydrogen-bond donors (Lipinski definition) is 1. The van der Waals surface area contributed by atoms with Gasteiger partial charge >= 0.3 is 0 Å². The van der Waals surface area contributed by atoms with Crippen molar-refractivity contribution < 1.29 is 4.42 Å². The lowest BCUT2D eigenvalue weighted by atomic mass is 10.2. The Kier molecular flexibility index (Phi) is 8.26. The van der Waals surface area contributed by atoms with Gasteiger partial charge in [0.15, 0.2) is 0 Å². The molecular weight excluding hydrogens is 256 g/mol. The van der Waals surface area contributed by atoms with Crippen molar-refractivity contribution in [2.24, 2.45) is 0 Å². The largest absolute Gasteiger partial charge is 0.468 e. The van der Waals surface area contributed by atoms with Gasteiger partial charge in [0, 0.05) is 18.2 Å². The van der Waals surface area contributed by atoms with Crippen molar-refractivity contribution in [2.45, 2.75) is 45.8 Å². The summed E-state index contributed by atoms with van der Waals surface area (Å²) >= 11 is 1.91. The summed E-state index contributed by atoms with van der Waals surface area (Å²) in [7, 11) is 2.17. The van der Waals surface area contributed by atoms with E-state index in [0.29, 0.717) is 6.04 Å². The van der Waals surface area contributed by atoms with Crippen LogP contribution in [0.5, 0.6) is 0 Å². The molecule has 1 unspecified atom stereocenters. The molecular formula is C15H28N2OS. The summed E-state index contributed by atoms with van der Waals surface area (Å²) in [5.41, 5.74) is 1.24. The predicted molar refractivity (Wildman–Crippen MR) is 84.6 cm³/mol. The molecule has 19 heavy (non-hydrogen) atoms. The normalized spacial score (nSPS) is 13.1. The smallest absolute Gasteiger partial charge is 0.118 e.